The predicted molar refractivity (Wildman–Crippen MR) is 296 cm³/mol. The molecule has 0 heterocycles. The second-order valence-electron chi connectivity index (χ2n) is 17.8. The molecular weight excluding hydrogens is 1020 g/mol. The quantitative estimate of drug-likeness (QED) is 0.0153. The van der Waals surface area contributed by atoms with Gasteiger partial charge in [-0.15, -0.1) is 0 Å². The molecule has 6 atom stereocenters. The molecule has 0 aromatic heterocycles. The molecule has 34 nitrogen and oxygen atoms in total. The van der Waals surface area contributed by atoms with Gasteiger partial charge >= 0.3 is 5.97 Å². The maximum Gasteiger partial charge on any atom is 0.326 e. The van der Waals surface area contributed by atoms with Gasteiger partial charge in [0.1, 0.15) is 36.3 Å². The van der Waals surface area contributed by atoms with Crippen LogP contribution >= 0.6 is 0 Å². The third-order valence-electron chi connectivity index (χ3n) is 10.9. The Kier molecular flexibility index (Phi) is 36.2. The highest BCUT2D eigenvalue weighted by molar-refractivity contribution is 5.97. The number of guanidine groups is 6. The zero-order valence-corrected chi connectivity index (χ0v) is 44.6. The van der Waals surface area contributed by atoms with Gasteiger partial charge in [-0.25, -0.2) is 4.79 Å². The standard InChI is InChI=1S/C44H87N25O9/c1-25(70)57-18-4-2-3-17-32(71)64-26(11-5-19-58-39(45)46)33(72)65-27(12-6-20-59-40(47)48)34(73)66-28(13-7-21-60-41(49)50)35(74)67-29(14-8-22-61-42(51)52)36(75)68-30(15-9-23-62-43(53)54)37(76)69-31(38(77)78)16-10-24-63-44(55)56/h26-31H,2-24H2,1H3,(H,57,70)(H,64,71)(H,65,72)(H,66,73)(H,67,74)(H,68,75)(H,69,76)(H,77,78)(H4,45,46,58)(H4,47,48,59)(H4,49,50,60)(H4,51,52,61)(H4,53,54,62)(H4,55,56,63)/t26-,27-,28-,29-,30-,31-/m0/s1. The second-order valence-corrected chi connectivity index (χ2v) is 17.8. The first-order chi connectivity index (χ1) is 36.8. The molecule has 0 saturated carbocycles. The number of carbonyl (C=O) groups is 8. The summed E-state index contributed by atoms with van der Waals surface area (Å²) in [5.74, 6) is -7.70. The summed E-state index contributed by atoms with van der Waals surface area (Å²) in [5, 5.41) is 28.3. The van der Waals surface area contributed by atoms with E-state index in [4.69, 9.17) is 68.8 Å². The van der Waals surface area contributed by atoms with E-state index < -0.39 is 77.7 Å². The van der Waals surface area contributed by atoms with Crippen molar-refractivity contribution in [2.75, 3.05) is 45.8 Å². The fourth-order valence-corrected chi connectivity index (χ4v) is 7.10. The molecule has 0 aliphatic rings. The Bertz CT molecular complexity index is 2080. The number of aliphatic carboxylic acids is 1. The third-order valence-corrected chi connectivity index (χ3v) is 10.9. The maximum absolute atomic E-state index is 14.4. The van der Waals surface area contributed by atoms with Gasteiger partial charge in [0.25, 0.3) is 0 Å². The number of nitrogens with zero attached hydrogens (tertiary/aromatic N) is 6. The van der Waals surface area contributed by atoms with Crippen LogP contribution in [-0.4, -0.2) is 170 Å². The number of unbranched alkanes of at least 4 members (excludes halogenated alkanes) is 2. The molecule has 0 aliphatic heterocycles. The van der Waals surface area contributed by atoms with Crippen molar-refractivity contribution in [2.45, 2.75) is 146 Å². The van der Waals surface area contributed by atoms with Gasteiger partial charge < -0.3 is 111 Å². The van der Waals surface area contributed by atoms with Crippen LogP contribution in [0.5, 0.6) is 0 Å². The Morgan fingerprint density at radius 1 is 0.346 bits per heavy atom. The van der Waals surface area contributed by atoms with E-state index in [1.165, 1.54) is 6.92 Å². The molecule has 0 fully saturated rings. The summed E-state index contributed by atoms with van der Waals surface area (Å²) in [4.78, 5) is 131. The fourth-order valence-electron chi connectivity index (χ4n) is 7.10. The van der Waals surface area contributed by atoms with Crippen molar-refractivity contribution >= 4 is 83.1 Å². The third kappa shape index (κ3) is 36.3. The van der Waals surface area contributed by atoms with Crippen LogP contribution in [0, 0.1) is 0 Å². The molecule has 0 spiro atoms. The monoisotopic (exact) mass is 1110 g/mol. The minimum atomic E-state index is -1.44. The van der Waals surface area contributed by atoms with Crippen LogP contribution in [0.4, 0.5) is 0 Å². The molecule has 442 valence electrons. The number of hydrogen-bond donors (Lipinski definition) is 20. The predicted octanol–water partition coefficient (Wildman–Crippen LogP) is -8.00. The SMILES string of the molecule is CC(=O)NCCCCCC(=O)N[C@@H](CCCN=C(N)N)C(=O)N[C@@H](CCCN=C(N)N)C(=O)N[C@@H](CCCN=C(N)N)C(=O)N[C@@H](CCCN=C(N)N)C(=O)N[C@@H](CCCN=C(N)N)C(=O)N[C@@H](CCCN=C(N)N)C(=O)O. The van der Waals surface area contributed by atoms with Crippen LogP contribution in [0.1, 0.15) is 110 Å². The molecular formula is C44H87N25O9. The number of aliphatic imine (C=N–C) groups is 6. The Morgan fingerprint density at radius 2 is 0.590 bits per heavy atom. The van der Waals surface area contributed by atoms with E-state index in [2.05, 4.69) is 67.2 Å². The lowest BCUT2D eigenvalue weighted by Gasteiger charge is -2.27. The van der Waals surface area contributed by atoms with E-state index in [-0.39, 0.29) is 164 Å². The first kappa shape index (κ1) is 69.4. The average Bonchev–Trinajstić information content (AvgIpc) is 3.34. The van der Waals surface area contributed by atoms with Crippen LogP contribution in [0.25, 0.3) is 0 Å². The molecule has 0 aliphatic carbocycles. The fraction of sp³-hybridized carbons (Fsp3) is 0.682. The van der Waals surface area contributed by atoms with Crippen molar-refractivity contribution in [1.29, 1.82) is 0 Å². The molecule has 0 radical (unpaired) electrons. The van der Waals surface area contributed by atoms with Crippen LogP contribution in [-0.2, 0) is 38.4 Å². The summed E-state index contributed by atoms with van der Waals surface area (Å²) in [6, 6.07) is -8.26. The van der Waals surface area contributed by atoms with Crippen molar-refractivity contribution in [3.63, 3.8) is 0 Å². The maximum atomic E-state index is 14.4. The number of carboxylic acids is 1. The number of carbonyl (C=O) groups excluding carboxylic acids is 7. The van der Waals surface area contributed by atoms with Gasteiger partial charge in [-0.1, -0.05) is 6.42 Å². The van der Waals surface area contributed by atoms with E-state index in [1.54, 1.807) is 0 Å². The summed E-state index contributed by atoms with van der Waals surface area (Å²) in [6.07, 6.45) is 2.10. The summed E-state index contributed by atoms with van der Waals surface area (Å²) >= 11 is 0. The topological polar surface area (TPSA) is 627 Å². The lowest BCUT2D eigenvalue weighted by molar-refractivity contribution is -0.142. The summed E-state index contributed by atoms with van der Waals surface area (Å²) in [7, 11) is 0. The number of amides is 7. The molecule has 0 aromatic carbocycles. The van der Waals surface area contributed by atoms with Gasteiger partial charge in [0.15, 0.2) is 35.8 Å². The Morgan fingerprint density at radius 3 is 0.833 bits per heavy atom. The molecule has 32 N–H and O–H groups in total. The summed E-state index contributed by atoms with van der Waals surface area (Å²) in [5.41, 5.74) is 65.8. The molecule has 0 bridgehead atoms. The van der Waals surface area contributed by atoms with Gasteiger partial charge in [-0.3, -0.25) is 63.5 Å². The molecule has 0 unspecified atom stereocenters. The van der Waals surface area contributed by atoms with Crippen molar-refractivity contribution in [1.82, 2.24) is 37.2 Å². The highest BCUT2D eigenvalue weighted by Gasteiger charge is 2.33. The number of nitrogens with one attached hydrogen (secondary N) is 7. The summed E-state index contributed by atoms with van der Waals surface area (Å²) in [6.45, 7) is 2.07. The smallest absolute Gasteiger partial charge is 0.326 e. The largest absolute Gasteiger partial charge is 0.480 e. The first-order valence-corrected chi connectivity index (χ1v) is 25.4. The van der Waals surface area contributed by atoms with Gasteiger partial charge in [0.2, 0.25) is 41.4 Å². The van der Waals surface area contributed by atoms with E-state index in [9.17, 15) is 43.5 Å². The minimum absolute atomic E-state index is 0.000136. The average molecular weight is 1110 g/mol. The van der Waals surface area contributed by atoms with Gasteiger partial charge in [0.05, 0.1) is 0 Å². The first-order valence-electron chi connectivity index (χ1n) is 25.4. The number of carboxylic acid groups (broad SMARTS) is 1. The molecule has 78 heavy (non-hydrogen) atoms. The van der Waals surface area contributed by atoms with Crippen LogP contribution < -0.4 is 106 Å². The van der Waals surface area contributed by atoms with Gasteiger partial charge in [-0.05, 0) is 89.9 Å². The Balaban J connectivity index is 7.06. The molecule has 0 rings (SSSR count). The Hall–Kier alpha value is -8.62. The van der Waals surface area contributed by atoms with Gasteiger partial charge in [-0.2, -0.15) is 0 Å². The lowest BCUT2D eigenvalue weighted by atomic mass is 10.0. The van der Waals surface area contributed by atoms with Crippen molar-refractivity contribution in [2.24, 2.45) is 98.8 Å². The van der Waals surface area contributed by atoms with E-state index in [0.717, 1.165) is 0 Å². The van der Waals surface area contributed by atoms with Gasteiger partial charge in [0, 0.05) is 59.2 Å². The zero-order chi connectivity index (χ0) is 59.0. The minimum Gasteiger partial charge on any atom is -0.480 e. The lowest BCUT2D eigenvalue weighted by Crippen LogP contribution is -2.59. The Labute approximate surface area is 453 Å². The van der Waals surface area contributed by atoms with E-state index in [1.807, 2.05) is 0 Å². The molecule has 34 heteroatoms. The molecule has 0 aromatic rings. The zero-order valence-electron chi connectivity index (χ0n) is 44.6. The van der Waals surface area contributed by atoms with Crippen LogP contribution in [0.15, 0.2) is 30.0 Å². The highest BCUT2D eigenvalue weighted by Crippen LogP contribution is 2.10. The van der Waals surface area contributed by atoms with Crippen LogP contribution in [0.2, 0.25) is 0 Å². The normalized spacial score (nSPS) is 12.8. The molecule has 0 saturated heterocycles. The number of nitrogens with two attached hydrogens (primary N) is 12. The van der Waals surface area contributed by atoms with Crippen molar-refractivity contribution in [3.05, 3.63) is 0 Å². The van der Waals surface area contributed by atoms with E-state index in [0.29, 0.717) is 25.8 Å². The second kappa shape index (κ2) is 40.7. The van der Waals surface area contributed by atoms with Crippen molar-refractivity contribution in [3.8, 4) is 0 Å². The molecule has 7 amide bonds. The number of hydrogen-bond acceptors (Lipinski definition) is 14. The van der Waals surface area contributed by atoms with E-state index >= 15 is 0 Å². The van der Waals surface area contributed by atoms with Crippen LogP contribution in [0.3, 0.4) is 0 Å². The van der Waals surface area contributed by atoms with Crippen molar-refractivity contribution < 1.29 is 43.5 Å². The highest BCUT2D eigenvalue weighted by atomic mass is 16.4. The number of rotatable bonds is 42. The summed E-state index contributed by atoms with van der Waals surface area (Å²) < 4.78 is 0.